The van der Waals surface area contributed by atoms with Crippen molar-refractivity contribution in [1.29, 1.82) is 0 Å². The second-order valence-corrected chi connectivity index (χ2v) is 2.36. The summed E-state index contributed by atoms with van der Waals surface area (Å²) in [6.07, 6.45) is 5.88. The standard InChI is InChI=1S/C8H12.C2H4/c1-3-8-6-4-5-7(8)2;1-2/h3H,1,4-6H2,2H3;1-2H2. The highest BCUT2D eigenvalue weighted by atomic mass is 14.1. The maximum Gasteiger partial charge on any atom is -0.0277 e. The first kappa shape index (κ1) is 9.22. The molecule has 1 aliphatic carbocycles. The van der Waals surface area contributed by atoms with Crippen LogP contribution < -0.4 is 0 Å². The first-order valence-corrected chi connectivity index (χ1v) is 3.65. The van der Waals surface area contributed by atoms with Gasteiger partial charge in [-0.2, -0.15) is 0 Å². The molecule has 0 saturated carbocycles. The van der Waals surface area contributed by atoms with Crippen molar-refractivity contribution in [1.82, 2.24) is 0 Å². The van der Waals surface area contributed by atoms with Gasteiger partial charge in [0.1, 0.15) is 0 Å². The van der Waals surface area contributed by atoms with E-state index in [1.807, 2.05) is 6.08 Å². The van der Waals surface area contributed by atoms with E-state index < -0.39 is 0 Å². The maximum atomic E-state index is 3.74. The Morgan fingerprint density at radius 3 is 2.10 bits per heavy atom. The fraction of sp³-hybridized carbons (Fsp3) is 0.400. The van der Waals surface area contributed by atoms with Crippen LogP contribution in [0, 0.1) is 0 Å². The van der Waals surface area contributed by atoms with Gasteiger partial charge in [-0.15, -0.1) is 13.2 Å². The summed E-state index contributed by atoms with van der Waals surface area (Å²) in [5.41, 5.74) is 3.02. The first-order valence-electron chi connectivity index (χ1n) is 3.65. The van der Waals surface area contributed by atoms with Gasteiger partial charge >= 0.3 is 0 Å². The largest absolute Gasteiger partial charge is 0.106 e. The van der Waals surface area contributed by atoms with Crippen LogP contribution in [-0.2, 0) is 0 Å². The van der Waals surface area contributed by atoms with Crippen LogP contribution in [0.25, 0.3) is 0 Å². The Hall–Kier alpha value is -0.780. The van der Waals surface area contributed by atoms with E-state index in [4.69, 9.17) is 0 Å². The van der Waals surface area contributed by atoms with Crippen molar-refractivity contribution in [2.24, 2.45) is 0 Å². The summed E-state index contributed by atoms with van der Waals surface area (Å²) in [5, 5.41) is 0. The molecule has 0 amide bonds. The molecule has 0 N–H and O–H groups in total. The maximum absolute atomic E-state index is 3.74. The Labute approximate surface area is 64.0 Å². The van der Waals surface area contributed by atoms with Crippen molar-refractivity contribution in [3.8, 4) is 0 Å². The first-order chi connectivity index (χ1) is 4.84. The molecule has 0 heterocycles. The SMILES string of the molecule is C=C.C=CC1=C(C)CCC1. The molecule has 0 atom stereocenters. The minimum atomic E-state index is 1.26. The van der Waals surface area contributed by atoms with Gasteiger partial charge in [0.25, 0.3) is 0 Å². The molecular formula is C10H16. The quantitative estimate of drug-likeness (QED) is 0.484. The molecule has 0 spiro atoms. The third-order valence-electron chi connectivity index (χ3n) is 1.79. The van der Waals surface area contributed by atoms with Gasteiger partial charge in [0.05, 0.1) is 0 Å². The number of rotatable bonds is 1. The van der Waals surface area contributed by atoms with Gasteiger partial charge in [-0.1, -0.05) is 18.2 Å². The van der Waals surface area contributed by atoms with Gasteiger partial charge in [-0.05, 0) is 31.8 Å². The van der Waals surface area contributed by atoms with Crippen LogP contribution in [0.2, 0.25) is 0 Å². The van der Waals surface area contributed by atoms with E-state index in [0.29, 0.717) is 0 Å². The van der Waals surface area contributed by atoms with Gasteiger partial charge in [0.15, 0.2) is 0 Å². The predicted molar refractivity (Wildman–Crippen MR) is 48.0 cm³/mol. The third-order valence-corrected chi connectivity index (χ3v) is 1.79. The molecule has 0 saturated heterocycles. The highest BCUT2D eigenvalue weighted by Crippen LogP contribution is 2.25. The molecule has 0 aliphatic heterocycles. The van der Waals surface area contributed by atoms with Gasteiger partial charge < -0.3 is 0 Å². The summed E-state index contributed by atoms with van der Waals surface area (Å²) in [6, 6.07) is 0. The van der Waals surface area contributed by atoms with E-state index >= 15 is 0 Å². The fourth-order valence-electron chi connectivity index (χ4n) is 1.19. The van der Waals surface area contributed by atoms with E-state index in [1.54, 1.807) is 5.57 Å². The zero-order valence-electron chi connectivity index (χ0n) is 6.82. The minimum absolute atomic E-state index is 1.26. The average molecular weight is 136 g/mol. The van der Waals surface area contributed by atoms with E-state index in [2.05, 4.69) is 26.7 Å². The number of allylic oxidation sites excluding steroid dienone is 3. The van der Waals surface area contributed by atoms with Gasteiger partial charge in [0.2, 0.25) is 0 Å². The van der Waals surface area contributed by atoms with Crippen molar-refractivity contribution >= 4 is 0 Å². The van der Waals surface area contributed by atoms with Crippen LogP contribution in [0.3, 0.4) is 0 Å². The van der Waals surface area contributed by atoms with Crippen molar-refractivity contribution in [3.05, 3.63) is 37.0 Å². The monoisotopic (exact) mass is 136 g/mol. The van der Waals surface area contributed by atoms with Crippen LogP contribution in [0.1, 0.15) is 26.2 Å². The van der Waals surface area contributed by atoms with E-state index in [9.17, 15) is 0 Å². The molecule has 0 heteroatoms. The van der Waals surface area contributed by atoms with Crippen molar-refractivity contribution in [3.63, 3.8) is 0 Å². The molecule has 56 valence electrons. The molecule has 0 fully saturated rings. The summed E-state index contributed by atoms with van der Waals surface area (Å²) in [6.45, 7) is 11.9. The van der Waals surface area contributed by atoms with Crippen molar-refractivity contribution < 1.29 is 0 Å². The molecule has 0 radical (unpaired) electrons. The van der Waals surface area contributed by atoms with E-state index in [-0.39, 0.29) is 0 Å². The fourth-order valence-corrected chi connectivity index (χ4v) is 1.19. The molecule has 0 unspecified atom stereocenters. The topological polar surface area (TPSA) is 0 Å². The molecule has 1 rings (SSSR count). The lowest BCUT2D eigenvalue weighted by atomic mass is 10.2. The zero-order chi connectivity index (χ0) is 7.98. The van der Waals surface area contributed by atoms with Crippen LogP contribution in [0.5, 0.6) is 0 Å². The molecule has 1 aliphatic rings. The highest BCUT2D eigenvalue weighted by Gasteiger charge is 2.05. The minimum Gasteiger partial charge on any atom is -0.106 e. The van der Waals surface area contributed by atoms with Gasteiger partial charge in [-0.3, -0.25) is 0 Å². The third kappa shape index (κ3) is 2.22. The van der Waals surface area contributed by atoms with Crippen molar-refractivity contribution in [2.75, 3.05) is 0 Å². The average Bonchev–Trinajstić information content (AvgIpc) is 2.39. The molecule has 0 aromatic heterocycles. The van der Waals surface area contributed by atoms with Crippen LogP contribution >= 0.6 is 0 Å². The van der Waals surface area contributed by atoms with Crippen LogP contribution in [0.4, 0.5) is 0 Å². The Kier molecular flexibility index (Phi) is 4.65. The lowest BCUT2D eigenvalue weighted by Crippen LogP contribution is -1.69. The van der Waals surface area contributed by atoms with Crippen molar-refractivity contribution in [2.45, 2.75) is 26.2 Å². The zero-order valence-corrected chi connectivity index (χ0v) is 6.82. The Morgan fingerprint density at radius 1 is 1.30 bits per heavy atom. The smallest absolute Gasteiger partial charge is 0.0277 e. The van der Waals surface area contributed by atoms with Crippen LogP contribution in [0.15, 0.2) is 37.0 Å². The molecule has 0 aromatic rings. The molecule has 0 aromatic carbocycles. The van der Waals surface area contributed by atoms with Gasteiger partial charge in [0, 0.05) is 0 Å². The summed E-state index contributed by atoms with van der Waals surface area (Å²) < 4.78 is 0. The summed E-state index contributed by atoms with van der Waals surface area (Å²) in [4.78, 5) is 0. The lowest BCUT2D eigenvalue weighted by Gasteiger charge is -1.90. The summed E-state index contributed by atoms with van der Waals surface area (Å²) in [5.74, 6) is 0. The Balaban J connectivity index is 0.000000371. The summed E-state index contributed by atoms with van der Waals surface area (Å²) >= 11 is 0. The number of hydrogen-bond donors (Lipinski definition) is 0. The molecule has 0 nitrogen and oxygen atoms in total. The van der Waals surface area contributed by atoms with E-state index in [0.717, 1.165) is 0 Å². The van der Waals surface area contributed by atoms with E-state index in [1.165, 1.54) is 24.8 Å². The normalized spacial score (nSPS) is 16.1. The predicted octanol–water partition coefficient (Wildman–Crippen LogP) is 3.48. The second kappa shape index (κ2) is 5.04. The highest BCUT2D eigenvalue weighted by molar-refractivity contribution is 5.26. The lowest BCUT2D eigenvalue weighted by molar-refractivity contribution is 0.899. The molecule has 10 heavy (non-hydrogen) atoms. The van der Waals surface area contributed by atoms with Gasteiger partial charge in [-0.25, -0.2) is 0 Å². The Bertz CT molecular complexity index is 140. The summed E-state index contributed by atoms with van der Waals surface area (Å²) in [7, 11) is 0. The number of hydrogen-bond acceptors (Lipinski definition) is 0. The molecule has 0 bridgehead atoms. The second-order valence-electron chi connectivity index (χ2n) is 2.36. The van der Waals surface area contributed by atoms with Crippen LogP contribution in [-0.4, -0.2) is 0 Å². The molecular weight excluding hydrogens is 120 g/mol. The Morgan fingerprint density at radius 2 is 1.90 bits per heavy atom.